The maximum Gasteiger partial charge on any atom is 0.233 e. The number of para-hydroxylation sites is 1. The number of nitrogens with two attached hydrogens (primary N) is 1. The van der Waals surface area contributed by atoms with Crippen LogP contribution < -0.4 is 15.4 Å². The molecule has 2 aromatic rings. The Morgan fingerprint density at radius 3 is 2.60 bits per heavy atom. The highest BCUT2D eigenvalue weighted by molar-refractivity contribution is 5.96. The largest absolute Gasteiger partial charge is 0.492 e. The first-order chi connectivity index (χ1) is 12.0. The summed E-state index contributed by atoms with van der Waals surface area (Å²) in [5, 5.41) is 0. The van der Waals surface area contributed by atoms with Gasteiger partial charge < -0.3 is 15.4 Å². The third kappa shape index (κ3) is 3.96. The molecule has 0 spiro atoms. The Kier molecular flexibility index (Phi) is 4.97. The van der Waals surface area contributed by atoms with Crippen molar-refractivity contribution in [2.45, 2.75) is 12.8 Å². The topological polar surface area (TPSA) is 72.6 Å². The van der Waals surface area contributed by atoms with Gasteiger partial charge in [-0.3, -0.25) is 9.59 Å². The zero-order valence-electron chi connectivity index (χ0n) is 13.7. The zero-order valence-corrected chi connectivity index (χ0v) is 13.7. The van der Waals surface area contributed by atoms with Gasteiger partial charge in [0.2, 0.25) is 11.8 Å². The lowest BCUT2D eigenvalue weighted by Crippen LogP contribution is -2.42. The average Bonchev–Trinajstić information content (AvgIpc) is 2.62. The molecule has 0 saturated heterocycles. The molecule has 1 heterocycles. The van der Waals surface area contributed by atoms with Crippen molar-refractivity contribution < 1.29 is 18.7 Å². The molecule has 0 fully saturated rings. The van der Waals surface area contributed by atoms with Gasteiger partial charge in [-0.25, -0.2) is 4.39 Å². The molecule has 0 aliphatic carbocycles. The lowest BCUT2D eigenvalue weighted by molar-refractivity contribution is -0.123. The van der Waals surface area contributed by atoms with Crippen LogP contribution in [0.25, 0.3) is 0 Å². The summed E-state index contributed by atoms with van der Waals surface area (Å²) in [5.74, 6) is -0.627. The molecule has 2 N–H and O–H groups in total. The van der Waals surface area contributed by atoms with Crippen LogP contribution in [0, 0.1) is 11.7 Å². The summed E-state index contributed by atoms with van der Waals surface area (Å²) >= 11 is 0. The highest BCUT2D eigenvalue weighted by Crippen LogP contribution is 2.29. The van der Waals surface area contributed by atoms with Crippen LogP contribution in [-0.2, 0) is 16.0 Å². The van der Waals surface area contributed by atoms with Crippen LogP contribution >= 0.6 is 0 Å². The van der Waals surface area contributed by atoms with Gasteiger partial charge in [0.1, 0.15) is 18.2 Å². The van der Waals surface area contributed by atoms with Crippen molar-refractivity contribution in [3.05, 3.63) is 59.9 Å². The van der Waals surface area contributed by atoms with Crippen LogP contribution in [0.3, 0.4) is 0 Å². The van der Waals surface area contributed by atoms with Crippen molar-refractivity contribution in [2.75, 3.05) is 18.1 Å². The Morgan fingerprint density at radius 2 is 1.88 bits per heavy atom. The third-order valence-corrected chi connectivity index (χ3v) is 4.21. The number of primary amides is 1. The van der Waals surface area contributed by atoms with Gasteiger partial charge in [-0.05, 0) is 42.3 Å². The first-order valence-electron chi connectivity index (χ1n) is 8.10. The lowest BCUT2D eigenvalue weighted by Gasteiger charge is -2.30. The van der Waals surface area contributed by atoms with Crippen molar-refractivity contribution in [3.8, 4) is 5.75 Å². The molecular weight excluding hydrogens is 323 g/mol. The molecule has 0 aromatic heterocycles. The third-order valence-electron chi connectivity index (χ3n) is 4.21. The van der Waals surface area contributed by atoms with Gasteiger partial charge in [0.05, 0.1) is 5.92 Å². The summed E-state index contributed by atoms with van der Waals surface area (Å²) in [6.07, 6.45) is 0.594. The van der Waals surface area contributed by atoms with Crippen LogP contribution in [0.4, 0.5) is 10.1 Å². The number of nitrogens with zero attached hydrogens (tertiary/aromatic N) is 1. The fraction of sp³-hybridized carbons (Fsp3) is 0.263. The van der Waals surface area contributed by atoms with E-state index in [9.17, 15) is 14.0 Å². The quantitative estimate of drug-likeness (QED) is 0.906. The molecule has 0 saturated carbocycles. The Morgan fingerprint density at radius 1 is 1.16 bits per heavy atom. The van der Waals surface area contributed by atoms with Crippen LogP contribution in [0.1, 0.15) is 12.0 Å². The number of halogens is 1. The van der Waals surface area contributed by atoms with E-state index in [4.69, 9.17) is 10.5 Å². The molecule has 0 radical (unpaired) electrons. The lowest BCUT2D eigenvalue weighted by atomic mass is 9.95. The standard InChI is InChI=1S/C19H19FN2O3/c20-15-5-7-16(8-6-15)22(10-9-18(21)23)19(24)14-11-13-3-1-2-4-17(13)25-12-14/h1-8,14H,9-12H2,(H2,21,23). The Hall–Kier alpha value is -2.89. The number of rotatable bonds is 5. The van der Waals surface area contributed by atoms with Crippen molar-refractivity contribution >= 4 is 17.5 Å². The van der Waals surface area contributed by atoms with E-state index in [-0.39, 0.29) is 37.2 Å². The maximum absolute atomic E-state index is 13.2. The fourth-order valence-electron chi connectivity index (χ4n) is 2.92. The average molecular weight is 342 g/mol. The minimum atomic E-state index is -0.495. The van der Waals surface area contributed by atoms with Crippen molar-refractivity contribution in [1.82, 2.24) is 0 Å². The second-order valence-electron chi connectivity index (χ2n) is 6.00. The molecule has 6 heteroatoms. The molecule has 1 aliphatic rings. The number of ether oxygens (including phenoxy) is 1. The van der Waals surface area contributed by atoms with Crippen molar-refractivity contribution in [1.29, 1.82) is 0 Å². The number of benzene rings is 2. The van der Waals surface area contributed by atoms with E-state index < -0.39 is 5.91 Å². The summed E-state index contributed by atoms with van der Waals surface area (Å²) in [5.41, 5.74) is 6.73. The van der Waals surface area contributed by atoms with Crippen molar-refractivity contribution in [3.63, 3.8) is 0 Å². The second kappa shape index (κ2) is 7.34. The Bertz CT molecular complexity index is 776. The molecule has 2 aromatic carbocycles. The number of hydrogen-bond acceptors (Lipinski definition) is 3. The first-order valence-corrected chi connectivity index (χ1v) is 8.10. The van der Waals surface area contributed by atoms with Gasteiger partial charge in [-0.1, -0.05) is 18.2 Å². The molecule has 3 rings (SSSR count). The van der Waals surface area contributed by atoms with Gasteiger partial charge in [0.25, 0.3) is 0 Å². The van der Waals surface area contributed by atoms with Crippen LogP contribution in [0.15, 0.2) is 48.5 Å². The summed E-state index contributed by atoms with van der Waals surface area (Å²) in [6, 6.07) is 13.2. The minimum Gasteiger partial charge on any atom is -0.492 e. The summed E-state index contributed by atoms with van der Waals surface area (Å²) < 4.78 is 18.9. The van der Waals surface area contributed by atoms with Crippen LogP contribution in [0.2, 0.25) is 0 Å². The molecule has 1 atom stereocenters. The minimum absolute atomic E-state index is 0.0350. The number of amides is 2. The van der Waals surface area contributed by atoms with E-state index >= 15 is 0 Å². The highest BCUT2D eigenvalue weighted by Gasteiger charge is 2.30. The smallest absolute Gasteiger partial charge is 0.233 e. The normalized spacial score (nSPS) is 15.8. The van der Waals surface area contributed by atoms with E-state index in [0.717, 1.165) is 11.3 Å². The summed E-state index contributed by atoms with van der Waals surface area (Å²) in [4.78, 5) is 25.6. The van der Waals surface area contributed by atoms with Gasteiger partial charge >= 0.3 is 0 Å². The van der Waals surface area contributed by atoms with E-state index in [2.05, 4.69) is 0 Å². The summed E-state index contributed by atoms with van der Waals surface area (Å²) in [6.45, 7) is 0.419. The number of carbonyl (C=O) groups is 2. The maximum atomic E-state index is 13.2. The molecule has 0 bridgehead atoms. The number of carbonyl (C=O) groups excluding carboxylic acids is 2. The SMILES string of the molecule is NC(=O)CCN(C(=O)C1COc2ccccc2C1)c1ccc(F)cc1. The van der Waals surface area contributed by atoms with Crippen molar-refractivity contribution in [2.24, 2.45) is 11.7 Å². The molecule has 1 unspecified atom stereocenters. The highest BCUT2D eigenvalue weighted by atomic mass is 19.1. The van der Waals surface area contributed by atoms with E-state index in [0.29, 0.717) is 12.1 Å². The first kappa shape index (κ1) is 17.0. The van der Waals surface area contributed by atoms with Gasteiger partial charge in [-0.2, -0.15) is 0 Å². The van der Waals surface area contributed by atoms with E-state index in [1.54, 1.807) is 0 Å². The molecule has 1 aliphatic heterocycles. The van der Waals surface area contributed by atoms with E-state index in [1.165, 1.54) is 29.2 Å². The van der Waals surface area contributed by atoms with Crippen LogP contribution in [0.5, 0.6) is 5.75 Å². The number of fused-ring (bicyclic) bond motifs is 1. The number of hydrogen-bond donors (Lipinski definition) is 1. The molecular formula is C19H19FN2O3. The van der Waals surface area contributed by atoms with Gasteiger partial charge in [-0.15, -0.1) is 0 Å². The molecule has 5 nitrogen and oxygen atoms in total. The molecule has 2 amide bonds. The van der Waals surface area contributed by atoms with Gasteiger partial charge in [0.15, 0.2) is 0 Å². The predicted octanol–water partition coefficient (Wildman–Crippen LogP) is 2.29. The fourth-order valence-corrected chi connectivity index (χ4v) is 2.92. The van der Waals surface area contributed by atoms with Gasteiger partial charge in [0, 0.05) is 18.7 Å². The monoisotopic (exact) mass is 342 g/mol. The zero-order chi connectivity index (χ0) is 17.8. The molecule has 130 valence electrons. The Balaban J connectivity index is 1.81. The predicted molar refractivity (Wildman–Crippen MR) is 91.7 cm³/mol. The Labute approximate surface area is 145 Å². The van der Waals surface area contributed by atoms with E-state index in [1.807, 2.05) is 24.3 Å². The number of anilines is 1. The summed E-state index contributed by atoms with van der Waals surface area (Å²) in [7, 11) is 0. The second-order valence-corrected chi connectivity index (χ2v) is 6.00. The van der Waals surface area contributed by atoms with Crippen LogP contribution in [-0.4, -0.2) is 25.0 Å². The molecule has 25 heavy (non-hydrogen) atoms.